The fraction of sp³-hybridized carbons (Fsp3) is 0.294. The molecule has 0 aliphatic carbocycles. The van der Waals surface area contributed by atoms with Gasteiger partial charge in [0, 0.05) is 39.6 Å². The number of benzene rings is 1. The van der Waals surface area contributed by atoms with Gasteiger partial charge in [0.15, 0.2) is 4.61 Å². The Balaban J connectivity index is 2.32. The monoisotopic (exact) mass is 364 g/mol. The van der Waals surface area contributed by atoms with Crippen LogP contribution in [0.15, 0.2) is 52.7 Å². The van der Waals surface area contributed by atoms with Crippen LogP contribution in [0.25, 0.3) is 0 Å². The van der Waals surface area contributed by atoms with Gasteiger partial charge in [0.05, 0.1) is 13.7 Å². The van der Waals surface area contributed by atoms with Crippen molar-refractivity contribution in [2.24, 2.45) is 0 Å². The van der Waals surface area contributed by atoms with E-state index in [0.29, 0.717) is 25.1 Å². The van der Waals surface area contributed by atoms with E-state index in [0.717, 1.165) is 23.0 Å². The van der Waals surface area contributed by atoms with Crippen LogP contribution in [0.3, 0.4) is 0 Å². The molecular weight excluding hydrogens is 346 g/mol. The summed E-state index contributed by atoms with van der Waals surface area (Å²) in [5.74, 6) is -0.314. The molecule has 0 N–H and O–H groups in total. The van der Waals surface area contributed by atoms with Crippen LogP contribution in [0.1, 0.15) is 18.4 Å². The summed E-state index contributed by atoms with van der Waals surface area (Å²) in [6.45, 7) is 1.21. The first kappa shape index (κ1) is 16.6. The van der Waals surface area contributed by atoms with Crippen molar-refractivity contribution in [2.45, 2.75) is 19.4 Å². The first-order valence-corrected chi connectivity index (χ1v) is 7.93. The number of rotatable bonds is 4. The van der Waals surface area contributed by atoms with E-state index in [1.807, 2.05) is 30.3 Å². The summed E-state index contributed by atoms with van der Waals surface area (Å²) in [7, 11) is 1.38. The molecule has 116 valence electrons. The predicted octanol–water partition coefficient (Wildman–Crippen LogP) is 3.29. The van der Waals surface area contributed by atoms with Crippen LogP contribution in [0.5, 0.6) is 0 Å². The molecule has 1 heterocycles. The van der Waals surface area contributed by atoms with Crippen molar-refractivity contribution in [1.29, 1.82) is 0 Å². The van der Waals surface area contributed by atoms with Crippen LogP contribution in [-0.4, -0.2) is 30.5 Å². The van der Waals surface area contributed by atoms with Crippen molar-refractivity contribution < 1.29 is 18.8 Å². The Morgan fingerprint density at radius 3 is 2.68 bits per heavy atom. The standard InChI is InChI=1S/C17H19BrNO3/c1-22-17(21)15-8-5-11-19(13-20,16(18)10-9-15)12-14-6-3-2-4-7-14/h2-4,6-7,9-10,13H,5,8,11-12H2,1H3/q+1. The van der Waals surface area contributed by atoms with Crippen molar-refractivity contribution in [1.82, 2.24) is 0 Å². The van der Waals surface area contributed by atoms with E-state index in [9.17, 15) is 9.59 Å². The molecular formula is C17H19BrNO3+. The number of halogens is 1. The lowest BCUT2D eigenvalue weighted by atomic mass is 10.1. The minimum atomic E-state index is -0.314. The van der Waals surface area contributed by atoms with Gasteiger partial charge in [0.2, 0.25) is 0 Å². The highest BCUT2D eigenvalue weighted by molar-refractivity contribution is 9.11. The molecule has 2 rings (SSSR count). The number of nitrogens with zero attached hydrogens (tertiary/aromatic N) is 1. The molecule has 0 radical (unpaired) electrons. The first-order chi connectivity index (χ1) is 10.6. The molecule has 1 aromatic carbocycles. The third-order valence-electron chi connectivity index (χ3n) is 3.81. The van der Waals surface area contributed by atoms with Gasteiger partial charge in [-0.2, -0.15) is 0 Å². The van der Waals surface area contributed by atoms with Crippen molar-refractivity contribution >= 4 is 28.3 Å². The Labute approximate surface area is 138 Å². The summed E-state index contributed by atoms with van der Waals surface area (Å²) in [5.41, 5.74) is 1.72. The number of quaternary nitrogens is 1. The van der Waals surface area contributed by atoms with E-state index >= 15 is 0 Å². The van der Waals surface area contributed by atoms with E-state index in [-0.39, 0.29) is 10.5 Å². The summed E-state index contributed by atoms with van der Waals surface area (Å²) >= 11 is 3.52. The van der Waals surface area contributed by atoms with E-state index < -0.39 is 0 Å². The van der Waals surface area contributed by atoms with Gasteiger partial charge in [-0.15, -0.1) is 0 Å². The van der Waals surface area contributed by atoms with Crippen LogP contribution < -0.4 is 0 Å². The molecule has 0 saturated carbocycles. The lowest BCUT2D eigenvalue weighted by Gasteiger charge is -2.32. The van der Waals surface area contributed by atoms with Gasteiger partial charge in [-0.3, -0.25) is 0 Å². The van der Waals surface area contributed by atoms with Crippen molar-refractivity contribution in [3.63, 3.8) is 0 Å². The zero-order valence-corrected chi connectivity index (χ0v) is 14.1. The molecule has 22 heavy (non-hydrogen) atoms. The van der Waals surface area contributed by atoms with Crippen LogP contribution >= 0.6 is 15.9 Å². The average Bonchev–Trinajstić information content (AvgIpc) is 2.55. The topological polar surface area (TPSA) is 43.4 Å². The Hall–Kier alpha value is -1.72. The molecule has 1 atom stereocenters. The van der Waals surface area contributed by atoms with E-state index in [2.05, 4.69) is 15.9 Å². The summed E-state index contributed by atoms with van der Waals surface area (Å²) in [6, 6.07) is 9.91. The molecule has 1 aromatic rings. The summed E-state index contributed by atoms with van der Waals surface area (Å²) < 4.78 is 5.70. The Bertz CT molecular complexity index is 610. The summed E-state index contributed by atoms with van der Waals surface area (Å²) in [5, 5.41) is 0. The lowest BCUT2D eigenvalue weighted by Crippen LogP contribution is -2.44. The molecule has 1 aliphatic heterocycles. The number of allylic oxidation sites excluding steroid dienone is 2. The second kappa shape index (κ2) is 7.51. The van der Waals surface area contributed by atoms with E-state index in [1.54, 1.807) is 12.2 Å². The number of esters is 1. The highest BCUT2D eigenvalue weighted by Crippen LogP contribution is 2.29. The maximum Gasteiger partial charge on any atom is 0.333 e. The third kappa shape index (κ3) is 3.72. The molecule has 5 heteroatoms. The maximum absolute atomic E-state index is 11.8. The fourth-order valence-corrected chi connectivity index (χ4v) is 3.08. The molecule has 1 aliphatic rings. The smallest absolute Gasteiger partial charge is 0.333 e. The molecule has 0 fully saturated rings. The quantitative estimate of drug-likeness (QED) is 0.356. The molecule has 1 amide bonds. The Morgan fingerprint density at radius 2 is 2.05 bits per heavy atom. The third-order valence-corrected chi connectivity index (χ3v) is 4.78. The minimum absolute atomic E-state index is 0.189. The molecule has 4 nitrogen and oxygen atoms in total. The molecule has 0 spiro atoms. The van der Waals surface area contributed by atoms with Gasteiger partial charge >= 0.3 is 12.4 Å². The van der Waals surface area contributed by atoms with Crippen LogP contribution in [0, 0.1) is 0 Å². The summed E-state index contributed by atoms with van der Waals surface area (Å²) in [4.78, 5) is 23.5. The maximum atomic E-state index is 11.8. The van der Waals surface area contributed by atoms with Crippen molar-refractivity contribution in [3.05, 3.63) is 58.2 Å². The molecule has 0 aromatic heterocycles. The Kier molecular flexibility index (Phi) is 5.69. The van der Waals surface area contributed by atoms with Gasteiger partial charge in [0.25, 0.3) is 0 Å². The number of carbonyl (C=O) groups excluding carboxylic acids is 2. The normalized spacial score (nSPS) is 21.9. The largest absolute Gasteiger partial charge is 0.466 e. The number of ether oxygens (including phenoxy) is 1. The SMILES string of the molecule is COC(=O)C1=CC=C(Br)[N+](C=O)(Cc2ccccc2)CCC1. The van der Waals surface area contributed by atoms with Crippen molar-refractivity contribution in [3.8, 4) is 0 Å². The highest BCUT2D eigenvalue weighted by atomic mass is 79.9. The number of hydrogen-bond acceptors (Lipinski definition) is 3. The highest BCUT2D eigenvalue weighted by Gasteiger charge is 2.32. The number of hydrogen-bond donors (Lipinski definition) is 0. The van der Waals surface area contributed by atoms with Crippen molar-refractivity contribution in [2.75, 3.05) is 13.7 Å². The number of amides is 1. The fourth-order valence-electron chi connectivity index (χ4n) is 2.56. The van der Waals surface area contributed by atoms with Gasteiger partial charge in [0.1, 0.15) is 6.54 Å². The number of methoxy groups -OCH3 is 1. The minimum Gasteiger partial charge on any atom is -0.466 e. The first-order valence-electron chi connectivity index (χ1n) is 7.13. The Morgan fingerprint density at radius 1 is 1.32 bits per heavy atom. The molecule has 0 bridgehead atoms. The van der Waals surface area contributed by atoms with Gasteiger partial charge in [-0.25, -0.2) is 14.1 Å². The van der Waals surface area contributed by atoms with E-state index in [1.165, 1.54) is 7.11 Å². The van der Waals surface area contributed by atoms with Crippen LogP contribution in [0.2, 0.25) is 0 Å². The van der Waals surface area contributed by atoms with Crippen LogP contribution in [0.4, 0.5) is 0 Å². The summed E-state index contributed by atoms with van der Waals surface area (Å²) in [6.07, 6.45) is 5.81. The average molecular weight is 365 g/mol. The molecule has 1 unspecified atom stereocenters. The zero-order chi connectivity index (χ0) is 16.0. The van der Waals surface area contributed by atoms with Gasteiger partial charge in [-0.05, 0) is 12.5 Å². The zero-order valence-electron chi connectivity index (χ0n) is 12.5. The second-order valence-electron chi connectivity index (χ2n) is 5.28. The second-order valence-corrected chi connectivity index (χ2v) is 6.10. The molecule has 0 saturated heterocycles. The van der Waals surface area contributed by atoms with E-state index in [4.69, 9.17) is 4.74 Å². The predicted molar refractivity (Wildman–Crippen MR) is 87.7 cm³/mol. The lowest BCUT2D eigenvalue weighted by molar-refractivity contribution is -0.812. The van der Waals surface area contributed by atoms with Gasteiger partial charge < -0.3 is 4.74 Å². The van der Waals surface area contributed by atoms with Crippen LogP contribution in [-0.2, 0) is 20.9 Å². The van der Waals surface area contributed by atoms with Gasteiger partial charge in [-0.1, -0.05) is 30.3 Å². The number of carbonyl (C=O) groups is 2.